The molecule has 1 amide bonds. The number of rotatable bonds is 8. The summed E-state index contributed by atoms with van der Waals surface area (Å²) in [4.78, 5) is 16.7. The first kappa shape index (κ1) is 25.4. The lowest BCUT2D eigenvalue weighted by molar-refractivity contribution is -0.117. The predicted octanol–water partition coefficient (Wildman–Crippen LogP) is 6.62. The van der Waals surface area contributed by atoms with Crippen LogP contribution < -0.4 is 5.32 Å². The van der Waals surface area contributed by atoms with Crippen molar-refractivity contribution in [3.63, 3.8) is 0 Å². The molecule has 11 heteroatoms. The number of halogens is 6. The van der Waals surface area contributed by atoms with Crippen molar-refractivity contribution in [1.82, 2.24) is 10.3 Å². The Hall–Kier alpha value is 0.380. The quantitative estimate of drug-likeness (QED) is 0.240. The largest absolute Gasteiger partial charge is 0.501 e. The highest BCUT2D eigenvalue weighted by Crippen LogP contribution is 2.40. The zero-order chi connectivity index (χ0) is 20.8. The molecule has 0 aromatic carbocycles. The van der Waals surface area contributed by atoms with Crippen LogP contribution in [0.25, 0.3) is 0 Å². The molecule has 1 aromatic rings. The van der Waals surface area contributed by atoms with E-state index < -0.39 is 13.6 Å². The number of aromatic nitrogens is 1. The molecule has 0 saturated carbocycles. The fourth-order valence-electron chi connectivity index (χ4n) is 2.09. The van der Waals surface area contributed by atoms with Crippen LogP contribution in [0.3, 0.4) is 0 Å². The van der Waals surface area contributed by atoms with Crippen LogP contribution in [0, 0.1) is 11.8 Å². The van der Waals surface area contributed by atoms with E-state index in [0.29, 0.717) is 17.2 Å². The van der Waals surface area contributed by atoms with Crippen molar-refractivity contribution in [2.45, 2.75) is 40.3 Å². The van der Waals surface area contributed by atoms with Crippen molar-refractivity contribution in [3.8, 4) is 0 Å². The number of hydrogen-bond donors (Lipinski definition) is 1. The summed E-state index contributed by atoms with van der Waals surface area (Å²) in [6, 6.07) is -0.414. The molecule has 0 aliphatic heterocycles. The van der Waals surface area contributed by atoms with Crippen LogP contribution in [0.5, 0.6) is 0 Å². The molecule has 0 fully saturated rings. The molecule has 154 valence electrons. The number of methoxy groups -OCH3 is 1. The van der Waals surface area contributed by atoms with Crippen LogP contribution in [-0.2, 0) is 9.53 Å². The minimum absolute atomic E-state index is 0.285. The number of carbonyl (C=O) groups excluding carboxylic acids is 1. The van der Waals surface area contributed by atoms with Crippen LogP contribution in [0.1, 0.15) is 37.7 Å². The smallest absolute Gasteiger partial charge is 0.247 e. The van der Waals surface area contributed by atoms with Gasteiger partial charge < -0.3 is 10.1 Å². The molecule has 0 aliphatic rings. The highest BCUT2D eigenvalue weighted by molar-refractivity contribution is 7.09. The van der Waals surface area contributed by atoms with Crippen molar-refractivity contribution in [1.29, 1.82) is 0 Å². The van der Waals surface area contributed by atoms with Crippen LogP contribution in [-0.4, -0.2) is 25.6 Å². The molecular weight excluding hydrogens is 497 g/mol. The first-order valence-electron chi connectivity index (χ1n) is 7.92. The topological polar surface area (TPSA) is 51.2 Å². The first-order valence-corrected chi connectivity index (χ1v) is 11.1. The van der Waals surface area contributed by atoms with Gasteiger partial charge in [-0.1, -0.05) is 83.5 Å². The number of thiazole rings is 1. The number of nitrogens with zero attached hydrogens (tertiary/aromatic N) is 1. The highest BCUT2D eigenvalue weighted by atomic mass is 35.6. The summed E-state index contributed by atoms with van der Waals surface area (Å²) in [6.45, 7) is 3.54. The molecule has 1 aromatic heterocycles. The van der Waals surface area contributed by atoms with Gasteiger partial charge in [-0.05, 0) is 6.42 Å². The zero-order valence-electron chi connectivity index (χ0n) is 14.8. The van der Waals surface area contributed by atoms with E-state index in [0.717, 1.165) is 0 Å². The molecule has 3 unspecified atom stereocenters. The van der Waals surface area contributed by atoms with Crippen LogP contribution in [0.2, 0.25) is 0 Å². The lowest BCUT2D eigenvalue weighted by Crippen LogP contribution is -2.31. The number of amides is 1. The SMILES string of the molecule is CO/C(=C\C(=O)NC(CC(C)C(Cl)(Cl)Cl)c1nccs1)CC(C)C(Cl)(Cl)Cl. The van der Waals surface area contributed by atoms with Gasteiger partial charge in [-0.2, -0.15) is 0 Å². The molecule has 0 bridgehead atoms. The minimum Gasteiger partial charge on any atom is -0.501 e. The molecule has 1 rings (SSSR count). The Morgan fingerprint density at radius 3 is 2.26 bits per heavy atom. The fraction of sp³-hybridized carbons (Fsp3) is 0.625. The lowest BCUT2D eigenvalue weighted by atomic mass is 10.0. The molecule has 27 heavy (non-hydrogen) atoms. The summed E-state index contributed by atoms with van der Waals surface area (Å²) in [7, 11) is 1.45. The molecule has 0 aliphatic carbocycles. The van der Waals surface area contributed by atoms with Gasteiger partial charge >= 0.3 is 0 Å². The predicted molar refractivity (Wildman–Crippen MR) is 116 cm³/mol. The Morgan fingerprint density at radius 2 is 1.81 bits per heavy atom. The van der Waals surface area contributed by atoms with E-state index in [9.17, 15) is 4.79 Å². The Labute approximate surface area is 193 Å². The molecule has 4 nitrogen and oxygen atoms in total. The van der Waals surface area contributed by atoms with E-state index in [4.69, 9.17) is 74.3 Å². The van der Waals surface area contributed by atoms with Crippen LogP contribution in [0.15, 0.2) is 23.4 Å². The maximum absolute atomic E-state index is 12.5. The molecule has 0 radical (unpaired) electrons. The van der Waals surface area contributed by atoms with Crippen molar-refractivity contribution < 1.29 is 9.53 Å². The van der Waals surface area contributed by atoms with Crippen molar-refractivity contribution in [2.24, 2.45) is 11.8 Å². The second-order valence-electron chi connectivity index (χ2n) is 6.07. The summed E-state index contributed by atoms with van der Waals surface area (Å²) in [5.41, 5.74) is 0. The van der Waals surface area contributed by atoms with Gasteiger partial charge in [0.05, 0.1) is 13.2 Å². The highest BCUT2D eigenvalue weighted by Gasteiger charge is 2.33. The summed E-state index contributed by atoms with van der Waals surface area (Å²) >= 11 is 36.9. The van der Waals surface area contributed by atoms with Gasteiger partial charge in [-0.15, -0.1) is 11.3 Å². The normalized spacial score (nSPS) is 16.6. The average molecular weight is 517 g/mol. The second kappa shape index (κ2) is 11.0. The monoisotopic (exact) mass is 514 g/mol. The summed E-state index contributed by atoms with van der Waals surface area (Å²) < 4.78 is 2.33. The number of hydrogen-bond acceptors (Lipinski definition) is 4. The number of nitrogens with one attached hydrogen (secondary N) is 1. The number of allylic oxidation sites excluding steroid dienone is 1. The third kappa shape index (κ3) is 9.16. The maximum atomic E-state index is 12.5. The van der Waals surface area contributed by atoms with Crippen LogP contribution in [0.4, 0.5) is 0 Å². The van der Waals surface area contributed by atoms with Gasteiger partial charge in [0.15, 0.2) is 7.59 Å². The minimum atomic E-state index is -1.46. The van der Waals surface area contributed by atoms with Crippen molar-refractivity contribution >= 4 is 86.8 Å². The van der Waals surface area contributed by atoms with E-state index >= 15 is 0 Å². The van der Waals surface area contributed by atoms with Crippen molar-refractivity contribution in [2.75, 3.05) is 7.11 Å². The second-order valence-corrected chi connectivity index (χ2v) is 11.7. The van der Waals surface area contributed by atoms with E-state index in [1.807, 2.05) is 5.38 Å². The van der Waals surface area contributed by atoms with E-state index in [-0.39, 0.29) is 24.2 Å². The Balaban J connectivity index is 2.89. The van der Waals surface area contributed by atoms with Gasteiger partial charge in [0.25, 0.3) is 0 Å². The van der Waals surface area contributed by atoms with Crippen molar-refractivity contribution in [3.05, 3.63) is 28.4 Å². The molecule has 0 saturated heterocycles. The summed E-state index contributed by atoms with van der Waals surface area (Å²) in [5, 5.41) is 5.40. The van der Waals surface area contributed by atoms with Gasteiger partial charge in [-0.3, -0.25) is 4.79 Å². The molecule has 1 N–H and O–H groups in total. The number of carbonyl (C=O) groups is 1. The standard InChI is InChI=1S/C16H20Cl6N2O2S/c1-9(15(17,18)19)6-11(26-3)8-13(25)24-12(14-23-4-5-27-14)7-10(2)16(20,21)22/h4-5,8-10,12H,6-7H2,1-3H3,(H,24,25)/b11-8-. The lowest BCUT2D eigenvalue weighted by Gasteiger charge is -2.25. The summed E-state index contributed by atoms with van der Waals surface area (Å²) in [5.74, 6) is -0.647. The number of ether oxygens (including phenoxy) is 1. The van der Waals surface area contributed by atoms with Gasteiger partial charge in [0.2, 0.25) is 5.91 Å². The Morgan fingerprint density at radius 1 is 1.22 bits per heavy atom. The van der Waals surface area contributed by atoms with Crippen LogP contribution >= 0.6 is 80.9 Å². The van der Waals surface area contributed by atoms with E-state index in [1.54, 1.807) is 20.0 Å². The van der Waals surface area contributed by atoms with E-state index in [1.165, 1.54) is 24.5 Å². The fourth-order valence-corrected chi connectivity index (χ4v) is 3.29. The molecule has 0 spiro atoms. The molecule has 3 atom stereocenters. The van der Waals surface area contributed by atoms with Gasteiger partial charge in [0, 0.05) is 35.9 Å². The first-order chi connectivity index (χ1) is 12.3. The molecule has 1 heterocycles. The molecular formula is C16H20Cl6N2O2S. The third-order valence-electron chi connectivity index (χ3n) is 3.83. The van der Waals surface area contributed by atoms with E-state index in [2.05, 4.69) is 10.3 Å². The Bertz CT molecular complexity index is 628. The maximum Gasteiger partial charge on any atom is 0.247 e. The van der Waals surface area contributed by atoms with Gasteiger partial charge in [0.1, 0.15) is 10.8 Å². The zero-order valence-corrected chi connectivity index (χ0v) is 20.2. The average Bonchev–Trinajstić information content (AvgIpc) is 3.05. The third-order valence-corrected chi connectivity index (χ3v) is 6.96. The summed E-state index contributed by atoms with van der Waals surface area (Å²) in [6.07, 6.45) is 3.66. The van der Waals surface area contributed by atoms with Gasteiger partial charge in [-0.25, -0.2) is 4.98 Å². The number of alkyl halides is 6. The Kier molecular flexibility index (Phi) is 10.3.